The van der Waals surface area contributed by atoms with E-state index in [-0.39, 0.29) is 11.9 Å². The summed E-state index contributed by atoms with van der Waals surface area (Å²) < 4.78 is 5.34. The number of carbonyl (C=O) groups excluding carboxylic acids is 1. The Morgan fingerprint density at radius 1 is 1.41 bits per heavy atom. The molecule has 0 saturated carbocycles. The number of likely N-dealkylation sites (N-methyl/N-ethyl adjacent to an activating group) is 1. The predicted molar refractivity (Wildman–Crippen MR) is 87.1 cm³/mol. The maximum atomic E-state index is 12.3. The summed E-state index contributed by atoms with van der Waals surface area (Å²) in [5.74, 6) is 0.118. The molecule has 0 spiro atoms. The van der Waals surface area contributed by atoms with Crippen LogP contribution < -0.4 is 0 Å². The Morgan fingerprint density at radius 3 is 2.95 bits per heavy atom. The summed E-state index contributed by atoms with van der Waals surface area (Å²) in [6.45, 7) is 1.40. The molecule has 0 aliphatic carbocycles. The number of thiazole rings is 1. The Labute approximate surface area is 134 Å². The molecule has 2 aromatic rings. The lowest BCUT2D eigenvalue weighted by Crippen LogP contribution is -2.38. The highest BCUT2D eigenvalue weighted by Crippen LogP contribution is 2.17. The summed E-state index contributed by atoms with van der Waals surface area (Å²) in [6, 6.07) is 10.5. The molecule has 3 rings (SSSR count). The molecule has 1 aliphatic rings. The van der Waals surface area contributed by atoms with E-state index in [1.165, 1.54) is 5.56 Å². The van der Waals surface area contributed by atoms with Crippen LogP contribution >= 0.6 is 11.3 Å². The highest BCUT2D eigenvalue weighted by Gasteiger charge is 2.24. The highest BCUT2D eigenvalue weighted by atomic mass is 32.1. The Morgan fingerprint density at radius 2 is 2.23 bits per heavy atom. The molecule has 1 fully saturated rings. The number of nitrogens with zero attached hydrogens (tertiary/aromatic N) is 2. The molecule has 5 heteroatoms. The molecule has 1 atom stereocenters. The Bertz CT molecular complexity index is 621. The quantitative estimate of drug-likeness (QED) is 0.851. The average molecular weight is 316 g/mol. The van der Waals surface area contributed by atoms with Crippen LogP contribution in [0, 0.1) is 0 Å². The van der Waals surface area contributed by atoms with Crippen LogP contribution in [0.5, 0.6) is 0 Å². The number of ether oxygens (including phenoxy) is 1. The summed E-state index contributed by atoms with van der Waals surface area (Å²) >= 11 is 1.62. The third-order valence-corrected chi connectivity index (χ3v) is 4.87. The van der Waals surface area contributed by atoms with E-state index < -0.39 is 0 Å². The van der Waals surface area contributed by atoms with Crippen molar-refractivity contribution >= 4 is 17.2 Å². The highest BCUT2D eigenvalue weighted by molar-refractivity contribution is 7.09. The van der Waals surface area contributed by atoms with Gasteiger partial charge in [-0.1, -0.05) is 30.3 Å². The minimum Gasteiger partial charge on any atom is -0.379 e. The maximum absolute atomic E-state index is 12.3. The van der Waals surface area contributed by atoms with Gasteiger partial charge in [-0.25, -0.2) is 4.98 Å². The van der Waals surface area contributed by atoms with Crippen molar-refractivity contribution < 1.29 is 9.53 Å². The van der Waals surface area contributed by atoms with E-state index in [1.807, 2.05) is 35.5 Å². The van der Waals surface area contributed by atoms with Crippen molar-refractivity contribution in [1.29, 1.82) is 0 Å². The first-order chi connectivity index (χ1) is 10.7. The number of hydrogen-bond donors (Lipinski definition) is 0. The lowest BCUT2D eigenvalue weighted by atomic mass is 10.2. The number of amides is 1. The van der Waals surface area contributed by atoms with Gasteiger partial charge in [0.1, 0.15) is 0 Å². The van der Waals surface area contributed by atoms with Gasteiger partial charge in [-0.3, -0.25) is 4.79 Å². The summed E-state index contributed by atoms with van der Waals surface area (Å²) in [4.78, 5) is 18.7. The number of hydrogen-bond acceptors (Lipinski definition) is 4. The van der Waals surface area contributed by atoms with Gasteiger partial charge in [-0.15, -0.1) is 11.3 Å². The van der Waals surface area contributed by atoms with E-state index >= 15 is 0 Å². The molecule has 1 amide bonds. The number of benzene rings is 1. The lowest BCUT2D eigenvalue weighted by molar-refractivity contribution is -0.131. The van der Waals surface area contributed by atoms with Crippen LogP contribution in [0.2, 0.25) is 0 Å². The molecular formula is C17H20N2O2S. The van der Waals surface area contributed by atoms with Crippen LogP contribution in [0.15, 0.2) is 35.7 Å². The monoisotopic (exact) mass is 316 g/mol. The van der Waals surface area contributed by atoms with Crippen molar-refractivity contribution in [3.05, 3.63) is 52.0 Å². The first kappa shape index (κ1) is 15.2. The first-order valence-corrected chi connectivity index (χ1v) is 8.41. The fraction of sp³-hybridized carbons (Fsp3) is 0.412. The lowest BCUT2D eigenvalue weighted by Gasteiger charge is -2.22. The second-order valence-corrected chi connectivity index (χ2v) is 6.54. The van der Waals surface area contributed by atoms with Crippen molar-refractivity contribution in [3.63, 3.8) is 0 Å². The van der Waals surface area contributed by atoms with Gasteiger partial charge in [0.05, 0.1) is 29.8 Å². The van der Waals surface area contributed by atoms with Gasteiger partial charge in [-0.05, 0) is 12.0 Å². The van der Waals surface area contributed by atoms with Crippen molar-refractivity contribution in [2.75, 3.05) is 20.3 Å². The fourth-order valence-corrected chi connectivity index (χ4v) is 3.42. The first-order valence-electron chi connectivity index (χ1n) is 7.53. The third kappa shape index (κ3) is 3.72. The molecule has 4 nitrogen and oxygen atoms in total. The molecule has 1 aromatic carbocycles. The van der Waals surface area contributed by atoms with E-state index in [2.05, 4.69) is 17.1 Å². The van der Waals surface area contributed by atoms with E-state index in [1.54, 1.807) is 11.3 Å². The smallest absolute Gasteiger partial charge is 0.228 e. The van der Waals surface area contributed by atoms with Crippen LogP contribution in [0.3, 0.4) is 0 Å². The standard InChI is InChI=1S/C17H20N2O2S/c1-19(15-7-8-21-11-15)17(20)10-14-12-22-16(18-14)9-13-5-3-2-4-6-13/h2-6,12,15H,7-11H2,1H3. The molecule has 1 saturated heterocycles. The topological polar surface area (TPSA) is 42.4 Å². The van der Waals surface area contributed by atoms with Crippen LogP contribution in [0.4, 0.5) is 0 Å². The number of carbonyl (C=O) groups is 1. The summed E-state index contributed by atoms with van der Waals surface area (Å²) in [5.41, 5.74) is 2.11. The van der Waals surface area contributed by atoms with Gasteiger partial charge in [0, 0.05) is 25.5 Å². The fourth-order valence-electron chi connectivity index (χ4n) is 2.59. The molecular weight excluding hydrogens is 296 g/mol. The number of rotatable bonds is 5. The number of aromatic nitrogens is 1. The SMILES string of the molecule is CN(C(=O)Cc1csc(Cc2ccccc2)n1)C1CCOC1. The van der Waals surface area contributed by atoms with Gasteiger partial charge < -0.3 is 9.64 Å². The largest absolute Gasteiger partial charge is 0.379 e. The molecule has 0 N–H and O–H groups in total. The van der Waals surface area contributed by atoms with E-state index in [0.717, 1.165) is 30.2 Å². The average Bonchev–Trinajstić information content (AvgIpc) is 3.19. The normalized spacial score (nSPS) is 17.6. The molecule has 116 valence electrons. The molecule has 1 unspecified atom stereocenters. The molecule has 0 radical (unpaired) electrons. The van der Waals surface area contributed by atoms with Gasteiger partial charge in [0.2, 0.25) is 5.91 Å². The molecule has 22 heavy (non-hydrogen) atoms. The second kappa shape index (κ2) is 7.03. The summed E-state index contributed by atoms with van der Waals surface area (Å²) in [7, 11) is 1.86. The van der Waals surface area contributed by atoms with Crippen molar-refractivity contribution in [2.45, 2.75) is 25.3 Å². The van der Waals surface area contributed by atoms with Crippen molar-refractivity contribution in [1.82, 2.24) is 9.88 Å². The zero-order valence-corrected chi connectivity index (χ0v) is 13.5. The summed E-state index contributed by atoms with van der Waals surface area (Å²) in [6.07, 6.45) is 2.13. The van der Waals surface area contributed by atoms with E-state index in [4.69, 9.17) is 4.74 Å². The van der Waals surface area contributed by atoms with Crippen molar-refractivity contribution in [2.24, 2.45) is 0 Å². The minimum absolute atomic E-state index is 0.118. The van der Waals surface area contributed by atoms with Crippen molar-refractivity contribution in [3.8, 4) is 0 Å². The Kier molecular flexibility index (Phi) is 4.85. The molecule has 1 aliphatic heterocycles. The molecule has 1 aromatic heterocycles. The van der Waals surface area contributed by atoms with Gasteiger partial charge in [0.15, 0.2) is 0 Å². The molecule has 2 heterocycles. The van der Waals surface area contributed by atoms with Crippen LogP contribution in [0.25, 0.3) is 0 Å². The van der Waals surface area contributed by atoms with Crippen LogP contribution in [0.1, 0.15) is 22.7 Å². The zero-order chi connectivity index (χ0) is 15.4. The van der Waals surface area contributed by atoms with Crippen LogP contribution in [-0.2, 0) is 22.4 Å². The predicted octanol–water partition coefficient (Wildman–Crippen LogP) is 2.52. The van der Waals surface area contributed by atoms with E-state index in [9.17, 15) is 4.79 Å². The Balaban J connectivity index is 1.58. The Hall–Kier alpha value is -1.72. The minimum atomic E-state index is 0.118. The third-order valence-electron chi connectivity index (χ3n) is 3.98. The van der Waals surface area contributed by atoms with Crippen LogP contribution in [-0.4, -0.2) is 42.1 Å². The molecule has 0 bridgehead atoms. The summed E-state index contributed by atoms with van der Waals surface area (Å²) in [5, 5.41) is 3.05. The van der Waals surface area contributed by atoms with Gasteiger partial charge in [-0.2, -0.15) is 0 Å². The zero-order valence-electron chi connectivity index (χ0n) is 12.7. The van der Waals surface area contributed by atoms with Gasteiger partial charge >= 0.3 is 0 Å². The second-order valence-electron chi connectivity index (χ2n) is 5.59. The maximum Gasteiger partial charge on any atom is 0.228 e. The van der Waals surface area contributed by atoms with E-state index in [0.29, 0.717) is 13.0 Å². The van der Waals surface area contributed by atoms with Gasteiger partial charge in [0.25, 0.3) is 0 Å².